The molecule has 0 radical (unpaired) electrons. The molecule has 0 atom stereocenters. The van der Waals surface area contributed by atoms with Crippen LogP contribution in [0, 0.1) is 0 Å². The highest BCUT2D eigenvalue weighted by Crippen LogP contribution is 2.50. The van der Waals surface area contributed by atoms with Gasteiger partial charge in [-0.05, 0) is 23.8 Å². The summed E-state index contributed by atoms with van der Waals surface area (Å²) in [5.74, 6) is 0.160. The van der Waals surface area contributed by atoms with Gasteiger partial charge in [-0.3, -0.25) is 9.69 Å². The van der Waals surface area contributed by atoms with E-state index in [0.717, 1.165) is 33.6 Å². The highest BCUT2D eigenvalue weighted by molar-refractivity contribution is 6.11. The van der Waals surface area contributed by atoms with Gasteiger partial charge in [-0.1, -0.05) is 48.5 Å². The maximum Gasteiger partial charge on any atom is 0.228 e. The van der Waals surface area contributed by atoms with Gasteiger partial charge in [-0.25, -0.2) is 0 Å². The van der Waals surface area contributed by atoms with E-state index in [9.17, 15) is 9.90 Å². The van der Waals surface area contributed by atoms with Gasteiger partial charge in [0.1, 0.15) is 5.75 Å². The molecule has 112 valence electrons. The zero-order chi connectivity index (χ0) is 16.0. The molecule has 0 unspecified atom stereocenters. The summed E-state index contributed by atoms with van der Waals surface area (Å²) in [5, 5.41) is 10.5. The van der Waals surface area contributed by atoms with Crippen LogP contribution in [0.3, 0.4) is 0 Å². The molecule has 3 aromatic rings. The van der Waals surface area contributed by atoms with Gasteiger partial charge in [0, 0.05) is 23.6 Å². The fraction of sp³-hybridized carbons (Fsp3) is 0.0500. The number of carbonyl (C=O) groups is 1. The SMILES string of the molecule is CC(=O)N1c2ccccc2-c2cccc(O)c2-c2ccccc21. The number of phenols is 1. The second-order valence-electron chi connectivity index (χ2n) is 5.59. The van der Waals surface area contributed by atoms with E-state index < -0.39 is 0 Å². The number of anilines is 2. The fourth-order valence-corrected chi connectivity index (χ4v) is 3.29. The van der Waals surface area contributed by atoms with Crippen molar-refractivity contribution in [1.82, 2.24) is 0 Å². The van der Waals surface area contributed by atoms with Crippen molar-refractivity contribution in [3.8, 4) is 28.0 Å². The van der Waals surface area contributed by atoms with Crippen LogP contribution >= 0.6 is 0 Å². The van der Waals surface area contributed by atoms with Gasteiger partial charge in [0.2, 0.25) is 5.91 Å². The Hall–Kier alpha value is -3.07. The normalized spacial score (nSPS) is 12.0. The molecule has 0 saturated heterocycles. The van der Waals surface area contributed by atoms with Crippen LogP contribution in [0.5, 0.6) is 5.75 Å². The molecule has 1 heterocycles. The van der Waals surface area contributed by atoms with Crippen molar-refractivity contribution < 1.29 is 9.90 Å². The minimum absolute atomic E-state index is 0.0582. The Labute approximate surface area is 134 Å². The predicted molar refractivity (Wildman–Crippen MR) is 91.8 cm³/mol. The summed E-state index contributed by atoms with van der Waals surface area (Å²) < 4.78 is 0. The fourth-order valence-electron chi connectivity index (χ4n) is 3.29. The summed E-state index contributed by atoms with van der Waals surface area (Å²) >= 11 is 0. The number of aromatic hydroxyl groups is 1. The first-order valence-corrected chi connectivity index (χ1v) is 7.50. The number of phenolic OH excluding ortho intramolecular Hbond substituents is 1. The molecular formula is C20H15NO2. The summed E-state index contributed by atoms with van der Waals surface area (Å²) in [5.41, 5.74) is 5.09. The lowest BCUT2D eigenvalue weighted by Crippen LogP contribution is -2.23. The molecule has 4 rings (SSSR count). The Morgan fingerprint density at radius 1 is 0.783 bits per heavy atom. The second kappa shape index (κ2) is 4.99. The van der Waals surface area contributed by atoms with Crippen LogP contribution in [0.2, 0.25) is 0 Å². The number of fused-ring (bicyclic) bond motifs is 5. The first-order chi connectivity index (χ1) is 11.2. The molecule has 0 saturated carbocycles. The largest absolute Gasteiger partial charge is 0.507 e. The zero-order valence-electron chi connectivity index (χ0n) is 12.7. The highest BCUT2D eigenvalue weighted by Gasteiger charge is 2.27. The van der Waals surface area contributed by atoms with E-state index in [1.807, 2.05) is 60.7 Å². The Morgan fingerprint density at radius 2 is 1.35 bits per heavy atom. The lowest BCUT2D eigenvalue weighted by Gasteiger charge is -2.23. The molecular weight excluding hydrogens is 286 g/mol. The van der Waals surface area contributed by atoms with E-state index in [-0.39, 0.29) is 11.7 Å². The quantitative estimate of drug-likeness (QED) is 0.652. The zero-order valence-corrected chi connectivity index (χ0v) is 12.7. The van der Waals surface area contributed by atoms with E-state index in [1.165, 1.54) is 0 Å². The third-order valence-electron chi connectivity index (χ3n) is 4.21. The van der Waals surface area contributed by atoms with Gasteiger partial charge in [0.25, 0.3) is 0 Å². The van der Waals surface area contributed by atoms with Gasteiger partial charge < -0.3 is 5.11 Å². The van der Waals surface area contributed by atoms with Gasteiger partial charge in [-0.15, -0.1) is 0 Å². The van der Waals surface area contributed by atoms with Crippen molar-refractivity contribution in [2.24, 2.45) is 0 Å². The van der Waals surface area contributed by atoms with E-state index in [2.05, 4.69) is 0 Å². The smallest absolute Gasteiger partial charge is 0.228 e. The molecule has 0 spiro atoms. The maximum atomic E-state index is 12.4. The molecule has 3 nitrogen and oxygen atoms in total. The van der Waals surface area contributed by atoms with Crippen molar-refractivity contribution in [1.29, 1.82) is 0 Å². The van der Waals surface area contributed by atoms with Crippen LogP contribution in [0.1, 0.15) is 6.92 Å². The third kappa shape index (κ3) is 1.94. The summed E-state index contributed by atoms with van der Waals surface area (Å²) in [6, 6.07) is 21.0. The number of hydrogen-bond donors (Lipinski definition) is 1. The summed E-state index contributed by atoms with van der Waals surface area (Å²) in [6.07, 6.45) is 0. The Kier molecular flexibility index (Phi) is 2.95. The van der Waals surface area contributed by atoms with Crippen molar-refractivity contribution >= 4 is 17.3 Å². The van der Waals surface area contributed by atoms with Crippen molar-refractivity contribution in [2.45, 2.75) is 6.92 Å². The Bertz CT molecular complexity index is 930. The molecule has 1 aliphatic heterocycles. The molecule has 0 aromatic heterocycles. The molecule has 0 aliphatic carbocycles. The topological polar surface area (TPSA) is 40.5 Å². The predicted octanol–water partition coefficient (Wildman–Crippen LogP) is 4.72. The molecule has 3 heteroatoms. The molecule has 3 aromatic carbocycles. The summed E-state index contributed by atoms with van der Waals surface area (Å²) in [6.45, 7) is 1.56. The minimum atomic E-state index is -0.0582. The molecule has 23 heavy (non-hydrogen) atoms. The van der Waals surface area contributed by atoms with Crippen LogP contribution in [0.15, 0.2) is 66.7 Å². The number of amides is 1. The number of nitrogens with zero attached hydrogens (tertiary/aromatic N) is 1. The minimum Gasteiger partial charge on any atom is -0.507 e. The van der Waals surface area contributed by atoms with Gasteiger partial charge in [-0.2, -0.15) is 0 Å². The molecule has 1 aliphatic rings. The lowest BCUT2D eigenvalue weighted by atomic mass is 9.94. The second-order valence-corrected chi connectivity index (χ2v) is 5.59. The van der Waals surface area contributed by atoms with Crippen LogP contribution in [-0.2, 0) is 4.79 Å². The molecule has 1 amide bonds. The number of hydrogen-bond acceptors (Lipinski definition) is 2. The van der Waals surface area contributed by atoms with Crippen LogP contribution < -0.4 is 4.90 Å². The van der Waals surface area contributed by atoms with E-state index >= 15 is 0 Å². The standard InChI is InChI=1S/C20H15NO2/c1-13(22)21-17-10-4-2-7-14(17)15-9-6-12-19(23)20(15)16-8-3-5-11-18(16)21/h2-12,23H,1H3. The molecule has 0 fully saturated rings. The first-order valence-electron chi connectivity index (χ1n) is 7.50. The molecule has 1 N–H and O–H groups in total. The highest BCUT2D eigenvalue weighted by atomic mass is 16.3. The first kappa shape index (κ1) is 13.6. The van der Waals surface area contributed by atoms with Gasteiger partial charge >= 0.3 is 0 Å². The number of para-hydroxylation sites is 2. The van der Waals surface area contributed by atoms with Gasteiger partial charge in [0.05, 0.1) is 11.4 Å². The van der Waals surface area contributed by atoms with Crippen LogP contribution in [0.25, 0.3) is 22.3 Å². The van der Waals surface area contributed by atoms with E-state index in [4.69, 9.17) is 0 Å². The monoisotopic (exact) mass is 301 g/mol. The van der Waals surface area contributed by atoms with E-state index in [0.29, 0.717) is 0 Å². The van der Waals surface area contributed by atoms with Crippen molar-refractivity contribution in [2.75, 3.05) is 4.90 Å². The van der Waals surface area contributed by atoms with Crippen molar-refractivity contribution in [3.05, 3.63) is 66.7 Å². The van der Waals surface area contributed by atoms with Gasteiger partial charge in [0.15, 0.2) is 0 Å². The average Bonchev–Trinajstić information content (AvgIpc) is 2.68. The lowest BCUT2D eigenvalue weighted by molar-refractivity contribution is -0.115. The van der Waals surface area contributed by atoms with Crippen LogP contribution in [-0.4, -0.2) is 11.0 Å². The maximum absolute atomic E-state index is 12.4. The number of benzene rings is 3. The number of rotatable bonds is 0. The van der Waals surface area contributed by atoms with E-state index in [1.54, 1.807) is 17.9 Å². The summed E-state index contributed by atoms with van der Waals surface area (Å²) in [4.78, 5) is 14.1. The van der Waals surface area contributed by atoms with Crippen molar-refractivity contribution in [3.63, 3.8) is 0 Å². The Morgan fingerprint density at radius 3 is 2.04 bits per heavy atom. The Balaban J connectivity index is 2.21. The third-order valence-corrected chi connectivity index (χ3v) is 4.21. The van der Waals surface area contributed by atoms with Crippen LogP contribution in [0.4, 0.5) is 11.4 Å². The number of carbonyl (C=O) groups excluding carboxylic acids is 1. The summed E-state index contributed by atoms with van der Waals surface area (Å²) in [7, 11) is 0. The average molecular weight is 301 g/mol. The molecule has 0 bridgehead atoms.